The summed E-state index contributed by atoms with van der Waals surface area (Å²) in [6.07, 6.45) is 1.71. The van der Waals surface area contributed by atoms with E-state index in [4.69, 9.17) is 14.2 Å². The van der Waals surface area contributed by atoms with Gasteiger partial charge in [-0.25, -0.2) is 0 Å². The third-order valence-corrected chi connectivity index (χ3v) is 5.98. The molecular weight excluding hydrogens is 388 g/mol. The molecule has 2 atom stereocenters. The zero-order valence-electron chi connectivity index (χ0n) is 17.9. The van der Waals surface area contributed by atoms with Crippen LogP contribution in [0.2, 0.25) is 0 Å². The predicted octanol–water partition coefficient (Wildman–Crippen LogP) is 4.93. The van der Waals surface area contributed by atoms with Gasteiger partial charge in [0.2, 0.25) is 0 Å². The number of ether oxygens (including phenoxy) is 3. The fraction of sp³-hybridized carbons (Fsp3) is 0.333. The molecule has 0 spiro atoms. The van der Waals surface area contributed by atoms with Gasteiger partial charge < -0.3 is 19.3 Å². The summed E-state index contributed by atoms with van der Waals surface area (Å²) in [7, 11) is 1.67. The number of methoxy groups -OCH3 is 1. The normalized spacial score (nSPS) is 19.2. The van der Waals surface area contributed by atoms with Crippen LogP contribution in [0.3, 0.4) is 0 Å². The standard InChI is InChI=1S/C27H30O4/c1-29-24-16-14-23(15-17-24)27(21-9-4-2-5-10-21,22-11-6-3-7-12-22)31-20-18-26-25(28)13-8-19-30-26/h2-7,9-12,14-17,25-26,28H,8,13,18-20H2,1H3/t25-,26-/m1/s1. The number of hydrogen-bond donors (Lipinski definition) is 1. The average molecular weight is 419 g/mol. The predicted molar refractivity (Wildman–Crippen MR) is 121 cm³/mol. The Kier molecular flexibility index (Phi) is 7.03. The third kappa shape index (κ3) is 4.67. The van der Waals surface area contributed by atoms with Crippen molar-refractivity contribution in [2.45, 2.75) is 37.1 Å². The maximum atomic E-state index is 10.3. The van der Waals surface area contributed by atoms with Gasteiger partial charge in [0.1, 0.15) is 11.4 Å². The molecular formula is C27H30O4. The quantitative estimate of drug-likeness (QED) is 0.527. The van der Waals surface area contributed by atoms with Crippen LogP contribution >= 0.6 is 0 Å². The maximum Gasteiger partial charge on any atom is 0.143 e. The van der Waals surface area contributed by atoms with E-state index in [2.05, 4.69) is 36.4 Å². The summed E-state index contributed by atoms with van der Waals surface area (Å²) in [5.74, 6) is 0.803. The highest BCUT2D eigenvalue weighted by Gasteiger charge is 2.38. The molecule has 1 N–H and O–H groups in total. The van der Waals surface area contributed by atoms with Crippen LogP contribution in [0.15, 0.2) is 84.9 Å². The summed E-state index contributed by atoms with van der Waals surface area (Å²) in [4.78, 5) is 0. The van der Waals surface area contributed by atoms with Gasteiger partial charge >= 0.3 is 0 Å². The molecule has 1 heterocycles. The summed E-state index contributed by atoms with van der Waals surface area (Å²) in [6, 6.07) is 28.6. The Morgan fingerprint density at radius 3 is 2.00 bits per heavy atom. The van der Waals surface area contributed by atoms with E-state index in [0.29, 0.717) is 19.6 Å². The molecule has 0 unspecified atom stereocenters. The molecule has 1 fully saturated rings. The first-order chi connectivity index (χ1) is 15.2. The van der Waals surface area contributed by atoms with Crippen molar-refractivity contribution in [2.24, 2.45) is 0 Å². The van der Waals surface area contributed by atoms with E-state index in [-0.39, 0.29) is 6.10 Å². The van der Waals surface area contributed by atoms with Crippen LogP contribution in [0.25, 0.3) is 0 Å². The molecule has 4 rings (SSSR count). The molecule has 0 aliphatic carbocycles. The Morgan fingerprint density at radius 1 is 0.871 bits per heavy atom. The summed E-state index contributed by atoms with van der Waals surface area (Å²) in [5, 5.41) is 10.3. The molecule has 3 aromatic rings. The number of aliphatic hydroxyl groups excluding tert-OH is 1. The van der Waals surface area contributed by atoms with Gasteiger partial charge in [-0.1, -0.05) is 72.8 Å². The Bertz CT molecular complexity index is 885. The van der Waals surface area contributed by atoms with Gasteiger partial charge in [-0.05, 0) is 48.1 Å². The maximum absolute atomic E-state index is 10.3. The minimum atomic E-state index is -0.783. The van der Waals surface area contributed by atoms with Crippen molar-refractivity contribution in [3.63, 3.8) is 0 Å². The van der Waals surface area contributed by atoms with Crippen molar-refractivity contribution in [1.29, 1.82) is 0 Å². The minimum absolute atomic E-state index is 0.186. The molecule has 4 heteroatoms. The Labute approximate surface area is 184 Å². The van der Waals surface area contributed by atoms with E-state index in [0.717, 1.165) is 35.3 Å². The molecule has 0 radical (unpaired) electrons. The molecule has 162 valence electrons. The summed E-state index contributed by atoms with van der Waals surface area (Å²) < 4.78 is 18.0. The van der Waals surface area contributed by atoms with Crippen LogP contribution in [-0.4, -0.2) is 37.6 Å². The summed E-state index contributed by atoms with van der Waals surface area (Å²) >= 11 is 0. The highest BCUT2D eigenvalue weighted by molar-refractivity contribution is 5.48. The SMILES string of the molecule is COc1ccc(C(OCC[C@H]2OCCC[C@H]2O)(c2ccccc2)c2ccccc2)cc1. The molecule has 1 saturated heterocycles. The lowest BCUT2D eigenvalue weighted by molar-refractivity contribution is -0.0943. The molecule has 0 aromatic heterocycles. The van der Waals surface area contributed by atoms with Crippen LogP contribution in [0.4, 0.5) is 0 Å². The van der Waals surface area contributed by atoms with E-state index in [1.54, 1.807) is 7.11 Å². The van der Waals surface area contributed by atoms with E-state index < -0.39 is 11.7 Å². The van der Waals surface area contributed by atoms with Crippen molar-refractivity contribution >= 4 is 0 Å². The number of rotatable bonds is 8. The number of benzene rings is 3. The fourth-order valence-corrected chi connectivity index (χ4v) is 4.35. The van der Waals surface area contributed by atoms with Crippen molar-refractivity contribution in [3.05, 3.63) is 102 Å². The van der Waals surface area contributed by atoms with Crippen LogP contribution in [0, 0.1) is 0 Å². The Morgan fingerprint density at radius 2 is 1.45 bits per heavy atom. The van der Waals surface area contributed by atoms with Gasteiger partial charge in [0, 0.05) is 6.61 Å². The van der Waals surface area contributed by atoms with Gasteiger partial charge in [-0.2, -0.15) is 0 Å². The molecule has 1 aliphatic heterocycles. The van der Waals surface area contributed by atoms with Crippen molar-refractivity contribution in [1.82, 2.24) is 0 Å². The lowest BCUT2D eigenvalue weighted by atomic mass is 9.80. The monoisotopic (exact) mass is 418 g/mol. The van der Waals surface area contributed by atoms with E-state index in [1.165, 1.54) is 0 Å². The van der Waals surface area contributed by atoms with Gasteiger partial charge in [0.15, 0.2) is 0 Å². The first kappa shape index (κ1) is 21.6. The van der Waals surface area contributed by atoms with Crippen LogP contribution in [-0.2, 0) is 15.1 Å². The topological polar surface area (TPSA) is 47.9 Å². The van der Waals surface area contributed by atoms with Crippen LogP contribution in [0.1, 0.15) is 36.0 Å². The summed E-state index contributed by atoms with van der Waals surface area (Å²) in [5.41, 5.74) is 2.35. The molecule has 0 saturated carbocycles. The molecule has 31 heavy (non-hydrogen) atoms. The number of hydrogen-bond acceptors (Lipinski definition) is 4. The van der Waals surface area contributed by atoms with Crippen molar-refractivity contribution in [3.8, 4) is 5.75 Å². The van der Waals surface area contributed by atoms with Crippen LogP contribution in [0.5, 0.6) is 5.75 Å². The second-order valence-electron chi connectivity index (χ2n) is 7.90. The Balaban J connectivity index is 1.73. The van der Waals surface area contributed by atoms with Gasteiger partial charge in [-0.15, -0.1) is 0 Å². The van der Waals surface area contributed by atoms with Gasteiger partial charge in [0.25, 0.3) is 0 Å². The van der Waals surface area contributed by atoms with E-state index in [9.17, 15) is 5.11 Å². The molecule has 4 nitrogen and oxygen atoms in total. The first-order valence-corrected chi connectivity index (χ1v) is 10.9. The molecule has 0 bridgehead atoms. The van der Waals surface area contributed by atoms with Crippen molar-refractivity contribution in [2.75, 3.05) is 20.3 Å². The average Bonchev–Trinajstić information content (AvgIpc) is 2.84. The second-order valence-corrected chi connectivity index (χ2v) is 7.90. The third-order valence-electron chi connectivity index (χ3n) is 5.98. The molecule has 0 amide bonds. The van der Waals surface area contributed by atoms with Gasteiger partial charge in [-0.3, -0.25) is 0 Å². The largest absolute Gasteiger partial charge is 0.497 e. The molecule has 3 aromatic carbocycles. The highest BCUT2D eigenvalue weighted by atomic mass is 16.5. The van der Waals surface area contributed by atoms with Gasteiger partial charge in [0.05, 0.1) is 25.9 Å². The summed E-state index contributed by atoms with van der Waals surface area (Å²) in [6.45, 7) is 1.15. The smallest absolute Gasteiger partial charge is 0.143 e. The zero-order chi connectivity index (χ0) is 21.5. The van der Waals surface area contributed by atoms with Crippen LogP contribution < -0.4 is 4.74 Å². The lowest BCUT2D eigenvalue weighted by Crippen LogP contribution is -2.37. The first-order valence-electron chi connectivity index (χ1n) is 10.9. The zero-order valence-corrected chi connectivity index (χ0v) is 17.9. The van der Waals surface area contributed by atoms with Crippen molar-refractivity contribution < 1.29 is 19.3 Å². The minimum Gasteiger partial charge on any atom is -0.497 e. The second kappa shape index (κ2) is 10.1. The number of aliphatic hydroxyl groups is 1. The van der Waals surface area contributed by atoms with E-state index >= 15 is 0 Å². The fourth-order valence-electron chi connectivity index (χ4n) is 4.35. The Hall–Kier alpha value is -2.66. The highest BCUT2D eigenvalue weighted by Crippen LogP contribution is 2.41. The lowest BCUT2D eigenvalue weighted by Gasteiger charge is -2.37. The van der Waals surface area contributed by atoms with E-state index in [1.807, 2.05) is 48.5 Å². The molecule has 1 aliphatic rings.